The van der Waals surface area contributed by atoms with E-state index >= 15 is 0 Å². The first-order valence-electron chi connectivity index (χ1n) is 6.67. The molecule has 0 aromatic heterocycles. The fraction of sp³-hybridized carbons (Fsp3) is 1.00. The van der Waals surface area contributed by atoms with Crippen LogP contribution in [0.5, 0.6) is 0 Å². The standard InChI is InChI=1S/C13H26O3/c1-3-5-6-11(4-2)9-12(14)10-13-15-7-8-16-13/h11-14H,3-10H2,1-2H3. The Hall–Kier alpha value is -0.120. The fourth-order valence-electron chi connectivity index (χ4n) is 2.23. The Kier molecular flexibility index (Phi) is 7.01. The first-order valence-corrected chi connectivity index (χ1v) is 6.67. The molecule has 2 atom stereocenters. The van der Waals surface area contributed by atoms with Crippen LogP contribution in [0.1, 0.15) is 52.4 Å². The summed E-state index contributed by atoms with van der Waals surface area (Å²) in [6.07, 6.45) is 5.97. The highest BCUT2D eigenvalue weighted by molar-refractivity contribution is 4.67. The van der Waals surface area contributed by atoms with Crippen molar-refractivity contribution < 1.29 is 14.6 Å². The predicted octanol–water partition coefficient (Wildman–Crippen LogP) is 2.72. The number of hydrogen-bond acceptors (Lipinski definition) is 3. The fourth-order valence-corrected chi connectivity index (χ4v) is 2.23. The maximum absolute atomic E-state index is 9.95. The Balaban J connectivity index is 2.16. The number of ether oxygens (including phenoxy) is 2. The second kappa shape index (κ2) is 8.04. The average molecular weight is 230 g/mol. The molecule has 0 aliphatic carbocycles. The molecule has 0 aromatic carbocycles. The summed E-state index contributed by atoms with van der Waals surface area (Å²) in [5, 5.41) is 9.95. The van der Waals surface area contributed by atoms with Gasteiger partial charge in [0.2, 0.25) is 0 Å². The molecule has 96 valence electrons. The van der Waals surface area contributed by atoms with Gasteiger partial charge in [-0.1, -0.05) is 39.5 Å². The van der Waals surface area contributed by atoms with Gasteiger partial charge in [-0.15, -0.1) is 0 Å². The summed E-state index contributed by atoms with van der Waals surface area (Å²) in [6, 6.07) is 0. The third kappa shape index (κ3) is 5.28. The van der Waals surface area contributed by atoms with Crippen LogP contribution in [0, 0.1) is 5.92 Å². The van der Waals surface area contributed by atoms with Gasteiger partial charge >= 0.3 is 0 Å². The Morgan fingerprint density at radius 2 is 1.94 bits per heavy atom. The van der Waals surface area contributed by atoms with Crippen LogP contribution in [0.4, 0.5) is 0 Å². The van der Waals surface area contributed by atoms with E-state index in [0.29, 0.717) is 25.6 Å². The van der Waals surface area contributed by atoms with E-state index in [-0.39, 0.29) is 12.4 Å². The molecule has 16 heavy (non-hydrogen) atoms. The molecule has 0 saturated carbocycles. The molecule has 1 N–H and O–H groups in total. The first kappa shape index (κ1) is 13.9. The third-order valence-corrected chi connectivity index (χ3v) is 3.30. The molecule has 0 radical (unpaired) electrons. The third-order valence-electron chi connectivity index (χ3n) is 3.30. The van der Waals surface area contributed by atoms with Crippen molar-refractivity contribution in [1.29, 1.82) is 0 Å². The highest BCUT2D eigenvalue weighted by Crippen LogP contribution is 2.21. The van der Waals surface area contributed by atoms with Crippen molar-refractivity contribution in [3.63, 3.8) is 0 Å². The topological polar surface area (TPSA) is 38.7 Å². The summed E-state index contributed by atoms with van der Waals surface area (Å²) in [7, 11) is 0. The summed E-state index contributed by atoms with van der Waals surface area (Å²) in [5.74, 6) is 0.649. The van der Waals surface area contributed by atoms with Crippen LogP contribution in [0.15, 0.2) is 0 Å². The highest BCUT2D eigenvalue weighted by Gasteiger charge is 2.21. The molecular formula is C13H26O3. The van der Waals surface area contributed by atoms with E-state index in [1.165, 1.54) is 19.3 Å². The van der Waals surface area contributed by atoms with Gasteiger partial charge in [-0.25, -0.2) is 0 Å². The van der Waals surface area contributed by atoms with Gasteiger partial charge in [-0.05, 0) is 12.3 Å². The summed E-state index contributed by atoms with van der Waals surface area (Å²) >= 11 is 0. The van der Waals surface area contributed by atoms with Gasteiger partial charge in [0, 0.05) is 6.42 Å². The van der Waals surface area contributed by atoms with Crippen molar-refractivity contribution in [2.45, 2.75) is 64.8 Å². The molecule has 2 unspecified atom stereocenters. The number of unbranched alkanes of at least 4 members (excludes halogenated alkanes) is 1. The first-order chi connectivity index (χ1) is 7.76. The van der Waals surface area contributed by atoms with Gasteiger partial charge < -0.3 is 14.6 Å². The van der Waals surface area contributed by atoms with Crippen LogP contribution >= 0.6 is 0 Å². The van der Waals surface area contributed by atoms with Crippen molar-refractivity contribution in [2.75, 3.05) is 13.2 Å². The zero-order valence-electron chi connectivity index (χ0n) is 10.7. The van der Waals surface area contributed by atoms with E-state index in [1.54, 1.807) is 0 Å². The van der Waals surface area contributed by atoms with Crippen LogP contribution in [0.2, 0.25) is 0 Å². The number of rotatable bonds is 8. The smallest absolute Gasteiger partial charge is 0.160 e. The molecule has 0 aromatic rings. The predicted molar refractivity (Wildman–Crippen MR) is 64.2 cm³/mol. The molecule has 1 rings (SSSR count). The molecule has 0 bridgehead atoms. The maximum atomic E-state index is 9.95. The molecule has 1 fully saturated rings. The minimum atomic E-state index is -0.273. The van der Waals surface area contributed by atoms with Crippen molar-refractivity contribution in [3.8, 4) is 0 Å². The van der Waals surface area contributed by atoms with Gasteiger partial charge in [0.05, 0.1) is 19.3 Å². The summed E-state index contributed by atoms with van der Waals surface area (Å²) in [6.45, 7) is 5.76. The van der Waals surface area contributed by atoms with Crippen LogP contribution in [0.3, 0.4) is 0 Å². The van der Waals surface area contributed by atoms with Crippen LogP contribution < -0.4 is 0 Å². The summed E-state index contributed by atoms with van der Waals surface area (Å²) < 4.78 is 10.7. The van der Waals surface area contributed by atoms with Gasteiger partial charge in [-0.2, -0.15) is 0 Å². The molecule has 3 heteroatoms. The van der Waals surface area contributed by atoms with E-state index in [1.807, 2.05) is 0 Å². The van der Waals surface area contributed by atoms with Gasteiger partial charge in [0.1, 0.15) is 0 Å². The average Bonchev–Trinajstić information content (AvgIpc) is 2.76. The zero-order chi connectivity index (χ0) is 11.8. The number of hydrogen-bond donors (Lipinski definition) is 1. The molecular weight excluding hydrogens is 204 g/mol. The normalized spacial score (nSPS) is 21.2. The minimum Gasteiger partial charge on any atom is -0.393 e. The van der Waals surface area contributed by atoms with Crippen molar-refractivity contribution in [1.82, 2.24) is 0 Å². The molecule has 3 nitrogen and oxygen atoms in total. The Bertz CT molecular complexity index is 167. The summed E-state index contributed by atoms with van der Waals surface area (Å²) in [5.41, 5.74) is 0. The van der Waals surface area contributed by atoms with Crippen LogP contribution in [-0.4, -0.2) is 30.7 Å². The second-order valence-corrected chi connectivity index (χ2v) is 4.71. The quantitative estimate of drug-likeness (QED) is 0.697. The number of aliphatic hydroxyl groups excluding tert-OH is 1. The number of aliphatic hydroxyl groups is 1. The Morgan fingerprint density at radius 1 is 1.25 bits per heavy atom. The monoisotopic (exact) mass is 230 g/mol. The Labute approximate surface area is 99.1 Å². The van der Waals surface area contributed by atoms with E-state index in [2.05, 4.69) is 13.8 Å². The van der Waals surface area contributed by atoms with Crippen molar-refractivity contribution >= 4 is 0 Å². The van der Waals surface area contributed by atoms with E-state index < -0.39 is 0 Å². The molecule has 1 saturated heterocycles. The summed E-state index contributed by atoms with van der Waals surface area (Å²) in [4.78, 5) is 0. The van der Waals surface area contributed by atoms with Gasteiger partial charge in [0.25, 0.3) is 0 Å². The van der Waals surface area contributed by atoms with Crippen molar-refractivity contribution in [3.05, 3.63) is 0 Å². The maximum Gasteiger partial charge on any atom is 0.160 e. The lowest BCUT2D eigenvalue weighted by Crippen LogP contribution is -2.21. The molecule has 0 amide bonds. The van der Waals surface area contributed by atoms with Crippen LogP contribution in [0.25, 0.3) is 0 Å². The second-order valence-electron chi connectivity index (χ2n) is 4.71. The lowest BCUT2D eigenvalue weighted by atomic mass is 9.92. The van der Waals surface area contributed by atoms with E-state index in [0.717, 1.165) is 12.8 Å². The van der Waals surface area contributed by atoms with Gasteiger partial charge in [-0.3, -0.25) is 0 Å². The minimum absolute atomic E-state index is 0.168. The van der Waals surface area contributed by atoms with Crippen LogP contribution in [-0.2, 0) is 9.47 Å². The molecule has 0 spiro atoms. The lowest BCUT2D eigenvalue weighted by molar-refractivity contribution is -0.0732. The SMILES string of the molecule is CCCCC(CC)CC(O)CC1OCCO1. The molecule has 1 heterocycles. The lowest BCUT2D eigenvalue weighted by Gasteiger charge is -2.20. The molecule has 1 aliphatic heterocycles. The van der Waals surface area contributed by atoms with Gasteiger partial charge in [0.15, 0.2) is 6.29 Å². The largest absolute Gasteiger partial charge is 0.393 e. The zero-order valence-corrected chi connectivity index (χ0v) is 10.7. The van der Waals surface area contributed by atoms with E-state index in [4.69, 9.17) is 9.47 Å². The Morgan fingerprint density at radius 3 is 2.50 bits per heavy atom. The van der Waals surface area contributed by atoms with E-state index in [9.17, 15) is 5.11 Å². The van der Waals surface area contributed by atoms with Crippen molar-refractivity contribution in [2.24, 2.45) is 5.92 Å². The highest BCUT2D eigenvalue weighted by atomic mass is 16.7. The molecule has 1 aliphatic rings.